The van der Waals surface area contributed by atoms with Crippen molar-refractivity contribution in [2.75, 3.05) is 0 Å². The quantitative estimate of drug-likeness (QED) is 0.259. The lowest BCUT2D eigenvalue weighted by Gasteiger charge is -2.32. The molecular weight excluding hydrogens is 388 g/mol. The Morgan fingerprint density at radius 3 is 1.84 bits per heavy atom. The van der Waals surface area contributed by atoms with Crippen molar-refractivity contribution < 1.29 is 5.11 Å². The van der Waals surface area contributed by atoms with E-state index in [-0.39, 0.29) is 5.41 Å². The minimum absolute atomic E-state index is 0.217. The van der Waals surface area contributed by atoms with Crippen molar-refractivity contribution in [1.29, 1.82) is 0 Å². The highest BCUT2D eigenvalue weighted by molar-refractivity contribution is 5.51. The molecule has 178 valence electrons. The predicted octanol–water partition coefficient (Wildman–Crippen LogP) is 9.91. The topological polar surface area (TPSA) is 20.2 Å². The second kappa shape index (κ2) is 14.4. The van der Waals surface area contributed by atoms with Crippen LogP contribution in [-0.4, -0.2) is 5.11 Å². The van der Waals surface area contributed by atoms with Crippen molar-refractivity contribution in [2.45, 2.75) is 122 Å². The van der Waals surface area contributed by atoms with Crippen LogP contribution in [0.25, 0.3) is 0 Å². The van der Waals surface area contributed by atoms with Crippen LogP contribution >= 0.6 is 0 Å². The molecule has 0 radical (unpaired) electrons. The van der Waals surface area contributed by atoms with E-state index in [1.54, 1.807) is 0 Å². The summed E-state index contributed by atoms with van der Waals surface area (Å²) < 4.78 is 0. The molecule has 2 aromatic carbocycles. The molecule has 0 spiro atoms. The van der Waals surface area contributed by atoms with Gasteiger partial charge in [0, 0.05) is 11.0 Å². The first kappa shape index (κ1) is 26.5. The average molecular weight is 437 g/mol. The van der Waals surface area contributed by atoms with Gasteiger partial charge in [0.05, 0.1) is 0 Å². The number of hydrogen-bond donors (Lipinski definition) is 1. The maximum atomic E-state index is 11.0. The summed E-state index contributed by atoms with van der Waals surface area (Å²) in [6.45, 7) is 9.09. The van der Waals surface area contributed by atoms with E-state index >= 15 is 0 Å². The summed E-state index contributed by atoms with van der Waals surface area (Å²) in [6, 6.07) is 16.9. The highest BCUT2D eigenvalue weighted by atomic mass is 16.3. The Bertz CT molecular complexity index is 746. The minimum atomic E-state index is -0.217. The zero-order valence-electron chi connectivity index (χ0n) is 21.3. The van der Waals surface area contributed by atoms with Gasteiger partial charge in [-0.25, -0.2) is 0 Å². The van der Waals surface area contributed by atoms with Crippen LogP contribution in [0.2, 0.25) is 0 Å². The molecule has 0 aliphatic carbocycles. The summed E-state index contributed by atoms with van der Waals surface area (Å²) in [5.41, 5.74) is 3.54. The van der Waals surface area contributed by atoms with Gasteiger partial charge in [0.15, 0.2) is 0 Å². The first-order valence-electron chi connectivity index (χ1n) is 13.4. The van der Waals surface area contributed by atoms with Gasteiger partial charge in [-0.3, -0.25) is 0 Å². The Kier molecular flexibility index (Phi) is 11.9. The van der Waals surface area contributed by atoms with Crippen LogP contribution in [0, 0.1) is 0 Å². The smallest absolute Gasteiger partial charge is 0.119 e. The van der Waals surface area contributed by atoms with E-state index in [1.807, 2.05) is 12.1 Å². The average Bonchev–Trinajstić information content (AvgIpc) is 2.80. The molecule has 1 heteroatoms. The molecule has 0 bridgehead atoms. The molecule has 1 N–H and O–H groups in total. The van der Waals surface area contributed by atoms with E-state index in [9.17, 15) is 5.11 Å². The number of hydrogen-bond acceptors (Lipinski definition) is 1. The van der Waals surface area contributed by atoms with Crippen LogP contribution in [0.15, 0.2) is 48.5 Å². The van der Waals surface area contributed by atoms with Crippen molar-refractivity contribution in [2.24, 2.45) is 0 Å². The van der Waals surface area contributed by atoms with Gasteiger partial charge >= 0.3 is 0 Å². The first-order chi connectivity index (χ1) is 15.5. The highest BCUT2D eigenvalue weighted by Crippen LogP contribution is 2.43. The molecule has 0 heterocycles. The number of aromatic hydroxyl groups is 1. The summed E-state index contributed by atoms with van der Waals surface area (Å²) in [5.74, 6) is 0.981. The van der Waals surface area contributed by atoms with Crippen LogP contribution in [0.1, 0.15) is 134 Å². The normalized spacial score (nSPS) is 12.8. The molecule has 2 aromatic rings. The second-order valence-corrected chi connectivity index (χ2v) is 10.2. The van der Waals surface area contributed by atoms with E-state index in [4.69, 9.17) is 0 Å². The van der Waals surface area contributed by atoms with Crippen LogP contribution in [0.3, 0.4) is 0 Å². The molecule has 0 aliphatic rings. The van der Waals surface area contributed by atoms with Crippen molar-refractivity contribution in [1.82, 2.24) is 0 Å². The third kappa shape index (κ3) is 7.98. The molecule has 0 saturated carbocycles. The molecule has 1 unspecified atom stereocenters. The summed E-state index contributed by atoms with van der Waals surface area (Å²) in [4.78, 5) is 0. The summed E-state index contributed by atoms with van der Waals surface area (Å²) in [6.07, 6.45) is 17.3. The third-order valence-electron chi connectivity index (χ3n) is 7.20. The number of benzene rings is 2. The summed E-state index contributed by atoms with van der Waals surface area (Å²) in [5, 5.41) is 11.0. The van der Waals surface area contributed by atoms with E-state index in [0.717, 1.165) is 5.56 Å². The Hall–Kier alpha value is -1.76. The van der Waals surface area contributed by atoms with Crippen molar-refractivity contribution in [3.63, 3.8) is 0 Å². The van der Waals surface area contributed by atoms with Crippen molar-refractivity contribution >= 4 is 0 Å². The SMILES string of the molecule is CCCCCCCCCCCC(CCCC)c1cccc(O)c1C(C)(C)c1ccccc1. The summed E-state index contributed by atoms with van der Waals surface area (Å²) >= 11 is 0. The molecular formula is C31H48O. The van der Waals surface area contributed by atoms with Gasteiger partial charge in [0.25, 0.3) is 0 Å². The number of phenolic OH excluding ortho intramolecular Hbond substituents is 1. The predicted molar refractivity (Wildman–Crippen MR) is 141 cm³/mol. The number of rotatable bonds is 16. The molecule has 2 rings (SSSR count). The van der Waals surface area contributed by atoms with Crippen LogP contribution in [-0.2, 0) is 5.41 Å². The Labute approximate surface area is 198 Å². The Morgan fingerprint density at radius 1 is 0.656 bits per heavy atom. The Morgan fingerprint density at radius 2 is 1.22 bits per heavy atom. The molecule has 0 aliphatic heterocycles. The van der Waals surface area contributed by atoms with Gasteiger partial charge in [0.2, 0.25) is 0 Å². The zero-order valence-corrected chi connectivity index (χ0v) is 21.3. The largest absolute Gasteiger partial charge is 0.508 e. The monoisotopic (exact) mass is 436 g/mol. The second-order valence-electron chi connectivity index (χ2n) is 10.2. The standard InChI is InChI=1S/C31H48O/c1-5-7-9-10-11-12-13-14-16-21-26(20-8-6-2)28-24-19-25-29(32)30(28)31(3,4)27-22-17-15-18-23-27/h15,17-19,22-26,32H,5-14,16,20-21H2,1-4H3. The molecule has 0 amide bonds. The van der Waals surface area contributed by atoms with E-state index < -0.39 is 0 Å². The van der Waals surface area contributed by atoms with Crippen LogP contribution in [0.4, 0.5) is 0 Å². The van der Waals surface area contributed by atoms with E-state index in [2.05, 4.69) is 64.1 Å². The van der Waals surface area contributed by atoms with Crippen LogP contribution < -0.4 is 0 Å². The molecule has 0 fully saturated rings. The third-order valence-corrected chi connectivity index (χ3v) is 7.20. The van der Waals surface area contributed by atoms with E-state index in [1.165, 1.54) is 94.6 Å². The van der Waals surface area contributed by atoms with Gasteiger partial charge in [-0.1, -0.05) is 141 Å². The van der Waals surface area contributed by atoms with Gasteiger partial charge in [0.1, 0.15) is 5.75 Å². The number of unbranched alkanes of at least 4 members (excludes halogenated alkanes) is 9. The maximum absolute atomic E-state index is 11.0. The first-order valence-corrected chi connectivity index (χ1v) is 13.4. The zero-order chi connectivity index (χ0) is 23.2. The minimum Gasteiger partial charge on any atom is -0.508 e. The lowest BCUT2D eigenvalue weighted by atomic mass is 9.72. The molecule has 0 saturated heterocycles. The van der Waals surface area contributed by atoms with Gasteiger partial charge < -0.3 is 5.11 Å². The fourth-order valence-corrected chi connectivity index (χ4v) is 5.19. The highest BCUT2D eigenvalue weighted by Gasteiger charge is 2.31. The molecule has 32 heavy (non-hydrogen) atoms. The molecule has 1 nitrogen and oxygen atoms in total. The Balaban J connectivity index is 2.08. The van der Waals surface area contributed by atoms with Crippen LogP contribution in [0.5, 0.6) is 5.75 Å². The fourth-order valence-electron chi connectivity index (χ4n) is 5.19. The number of phenols is 1. The lowest BCUT2D eigenvalue weighted by molar-refractivity contribution is 0.441. The fraction of sp³-hybridized carbons (Fsp3) is 0.613. The maximum Gasteiger partial charge on any atom is 0.119 e. The van der Waals surface area contributed by atoms with Gasteiger partial charge in [-0.15, -0.1) is 0 Å². The van der Waals surface area contributed by atoms with Crippen molar-refractivity contribution in [3.8, 4) is 5.75 Å². The molecule has 0 aromatic heterocycles. The lowest BCUT2D eigenvalue weighted by Crippen LogP contribution is -2.22. The van der Waals surface area contributed by atoms with E-state index in [0.29, 0.717) is 11.7 Å². The molecule has 1 atom stereocenters. The van der Waals surface area contributed by atoms with Crippen molar-refractivity contribution in [3.05, 3.63) is 65.2 Å². The summed E-state index contributed by atoms with van der Waals surface area (Å²) in [7, 11) is 0. The van der Waals surface area contributed by atoms with Gasteiger partial charge in [-0.05, 0) is 36.0 Å². The van der Waals surface area contributed by atoms with Gasteiger partial charge in [-0.2, -0.15) is 0 Å².